The van der Waals surface area contributed by atoms with Gasteiger partial charge in [-0.05, 0) is 42.3 Å². The molecule has 7 nitrogen and oxygen atoms in total. The second-order valence-corrected chi connectivity index (χ2v) is 9.55. The van der Waals surface area contributed by atoms with Crippen LogP contribution in [0.4, 0.5) is 5.69 Å². The Morgan fingerprint density at radius 2 is 2.00 bits per heavy atom. The molecule has 28 heavy (non-hydrogen) atoms. The normalized spacial score (nSPS) is 17.4. The molecule has 1 aromatic carbocycles. The van der Waals surface area contributed by atoms with Crippen molar-refractivity contribution < 1.29 is 18.0 Å². The minimum absolute atomic E-state index is 0.208. The quantitative estimate of drug-likeness (QED) is 0.717. The summed E-state index contributed by atoms with van der Waals surface area (Å²) in [6, 6.07) is 9.89. The fourth-order valence-corrected chi connectivity index (χ4v) is 6.02. The first-order chi connectivity index (χ1) is 13.4. The highest BCUT2D eigenvalue weighted by Crippen LogP contribution is 2.28. The smallest absolute Gasteiger partial charge is 0.253 e. The Morgan fingerprint density at radius 1 is 1.21 bits per heavy atom. The van der Waals surface area contributed by atoms with E-state index in [4.69, 9.17) is 0 Å². The number of anilines is 1. The summed E-state index contributed by atoms with van der Waals surface area (Å²) < 4.78 is 26.9. The Bertz CT molecular complexity index is 942. The maximum Gasteiger partial charge on any atom is 0.253 e. The van der Waals surface area contributed by atoms with Crippen molar-refractivity contribution in [3.63, 3.8) is 0 Å². The molecule has 0 spiro atoms. The summed E-state index contributed by atoms with van der Waals surface area (Å²) in [4.78, 5) is 24.8. The lowest BCUT2D eigenvalue weighted by atomic mass is 10.1. The molecule has 1 aromatic heterocycles. The summed E-state index contributed by atoms with van der Waals surface area (Å²) >= 11 is 1.13. The number of benzene rings is 1. The SMILES string of the molecule is CCc1ccccc1NC(=O)CNC(=O)C1CCCN1S(=O)(=O)c1cccs1. The Hall–Kier alpha value is -2.23. The van der Waals surface area contributed by atoms with Crippen LogP contribution >= 0.6 is 11.3 Å². The standard InChI is InChI=1S/C19H23N3O4S2/c1-2-14-7-3-4-8-15(14)21-17(23)13-20-19(24)16-9-5-11-22(16)28(25,26)18-10-6-12-27-18/h3-4,6-8,10,12,16H,2,5,9,11,13H2,1H3,(H,20,24)(H,21,23). The highest BCUT2D eigenvalue weighted by atomic mass is 32.2. The summed E-state index contributed by atoms with van der Waals surface area (Å²) in [5, 5.41) is 7.05. The van der Waals surface area contributed by atoms with E-state index in [-0.39, 0.29) is 16.7 Å². The molecule has 9 heteroatoms. The molecule has 2 N–H and O–H groups in total. The fourth-order valence-electron chi connectivity index (χ4n) is 3.25. The van der Waals surface area contributed by atoms with Crippen LogP contribution in [0.1, 0.15) is 25.3 Å². The zero-order chi connectivity index (χ0) is 20.1. The molecule has 0 bridgehead atoms. The first kappa shape index (κ1) is 20.5. The van der Waals surface area contributed by atoms with Gasteiger partial charge in [0.1, 0.15) is 10.3 Å². The lowest BCUT2D eigenvalue weighted by Gasteiger charge is -2.22. The first-order valence-corrected chi connectivity index (χ1v) is 11.5. The Labute approximate surface area is 168 Å². The Balaban J connectivity index is 1.60. The fraction of sp³-hybridized carbons (Fsp3) is 0.368. The van der Waals surface area contributed by atoms with Crippen molar-refractivity contribution >= 4 is 38.9 Å². The molecule has 0 radical (unpaired) electrons. The molecule has 1 unspecified atom stereocenters. The highest BCUT2D eigenvalue weighted by Gasteiger charge is 2.39. The molecule has 0 saturated carbocycles. The van der Waals surface area contributed by atoms with Gasteiger partial charge >= 0.3 is 0 Å². The van der Waals surface area contributed by atoms with Crippen molar-refractivity contribution in [3.05, 3.63) is 47.3 Å². The third kappa shape index (κ3) is 4.43. The maximum atomic E-state index is 12.7. The summed E-state index contributed by atoms with van der Waals surface area (Å²) in [6.45, 7) is 2.09. The van der Waals surface area contributed by atoms with Gasteiger partial charge < -0.3 is 10.6 Å². The predicted molar refractivity (Wildman–Crippen MR) is 109 cm³/mol. The number of nitrogens with one attached hydrogen (secondary N) is 2. The van der Waals surface area contributed by atoms with E-state index in [2.05, 4.69) is 10.6 Å². The highest BCUT2D eigenvalue weighted by molar-refractivity contribution is 7.91. The van der Waals surface area contributed by atoms with Crippen LogP contribution in [0.25, 0.3) is 0 Å². The molecule has 1 fully saturated rings. The van der Waals surface area contributed by atoms with Gasteiger partial charge in [-0.2, -0.15) is 4.31 Å². The van der Waals surface area contributed by atoms with Crippen molar-refractivity contribution in [2.45, 2.75) is 36.4 Å². The van der Waals surface area contributed by atoms with E-state index >= 15 is 0 Å². The van der Waals surface area contributed by atoms with Crippen LogP contribution in [0.3, 0.4) is 0 Å². The maximum absolute atomic E-state index is 12.7. The minimum Gasteiger partial charge on any atom is -0.346 e. The summed E-state index contributed by atoms with van der Waals surface area (Å²) in [5.74, 6) is -0.795. The van der Waals surface area contributed by atoms with Gasteiger partial charge in [0, 0.05) is 12.2 Å². The number of carbonyl (C=O) groups is 2. The molecule has 2 heterocycles. The molecule has 150 valence electrons. The topological polar surface area (TPSA) is 95.6 Å². The number of hydrogen-bond donors (Lipinski definition) is 2. The monoisotopic (exact) mass is 421 g/mol. The van der Waals surface area contributed by atoms with E-state index in [1.165, 1.54) is 10.4 Å². The molecule has 0 aliphatic carbocycles. The molecule has 1 saturated heterocycles. The zero-order valence-electron chi connectivity index (χ0n) is 15.6. The van der Waals surface area contributed by atoms with Crippen LogP contribution in [0.15, 0.2) is 46.0 Å². The van der Waals surface area contributed by atoms with Crippen LogP contribution < -0.4 is 10.6 Å². The number of nitrogens with zero attached hydrogens (tertiary/aromatic N) is 1. The lowest BCUT2D eigenvalue weighted by molar-refractivity contribution is -0.126. The summed E-state index contributed by atoms with van der Waals surface area (Å²) in [7, 11) is -3.70. The van der Waals surface area contributed by atoms with Crippen molar-refractivity contribution in [2.24, 2.45) is 0 Å². The van der Waals surface area contributed by atoms with Gasteiger partial charge in [0.15, 0.2) is 0 Å². The third-order valence-electron chi connectivity index (χ3n) is 4.66. The van der Waals surface area contributed by atoms with E-state index in [9.17, 15) is 18.0 Å². The predicted octanol–water partition coefficient (Wildman–Crippen LogP) is 2.22. The molecule has 1 atom stereocenters. The van der Waals surface area contributed by atoms with Gasteiger partial charge in [0.2, 0.25) is 11.8 Å². The number of carbonyl (C=O) groups excluding carboxylic acids is 2. The first-order valence-electron chi connectivity index (χ1n) is 9.14. The second-order valence-electron chi connectivity index (χ2n) is 6.48. The van der Waals surface area contributed by atoms with Crippen LogP contribution in [0.5, 0.6) is 0 Å². The summed E-state index contributed by atoms with van der Waals surface area (Å²) in [5.41, 5.74) is 1.72. The van der Waals surface area contributed by atoms with Gasteiger partial charge in [-0.25, -0.2) is 8.42 Å². The van der Waals surface area contributed by atoms with Gasteiger partial charge in [-0.1, -0.05) is 31.2 Å². The number of aryl methyl sites for hydroxylation is 1. The van der Waals surface area contributed by atoms with Gasteiger partial charge in [-0.3, -0.25) is 9.59 Å². The molecule has 2 amide bonds. The minimum atomic E-state index is -3.70. The molecule has 1 aliphatic heterocycles. The second kappa shape index (κ2) is 8.85. The van der Waals surface area contributed by atoms with Crippen LogP contribution in [-0.4, -0.2) is 43.7 Å². The zero-order valence-corrected chi connectivity index (χ0v) is 17.2. The van der Waals surface area contributed by atoms with E-state index < -0.39 is 22.0 Å². The van der Waals surface area contributed by atoms with Crippen LogP contribution in [0, 0.1) is 0 Å². The van der Waals surface area contributed by atoms with Crippen molar-refractivity contribution in [1.82, 2.24) is 9.62 Å². The number of thiophene rings is 1. The number of rotatable bonds is 7. The number of amides is 2. The van der Waals surface area contributed by atoms with Crippen molar-refractivity contribution in [3.8, 4) is 0 Å². The van der Waals surface area contributed by atoms with Crippen molar-refractivity contribution in [2.75, 3.05) is 18.4 Å². The van der Waals surface area contributed by atoms with Gasteiger partial charge in [-0.15, -0.1) is 11.3 Å². The van der Waals surface area contributed by atoms with Crippen LogP contribution in [0.2, 0.25) is 0 Å². The molecular weight excluding hydrogens is 398 g/mol. The number of sulfonamides is 1. The van der Waals surface area contributed by atoms with Gasteiger partial charge in [0.05, 0.1) is 6.54 Å². The van der Waals surface area contributed by atoms with Crippen molar-refractivity contribution in [1.29, 1.82) is 0 Å². The third-order valence-corrected chi connectivity index (χ3v) is 7.94. The van der Waals surface area contributed by atoms with E-state index in [1.54, 1.807) is 11.4 Å². The Kier molecular flexibility index (Phi) is 6.48. The molecule has 1 aliphatic rings. The number of para-hydroxylation sites is 1. The average molecular weight is 422 g/mol. The van der Waals surface area contributed by atoms with E-state index in [0.717, 1.165) is 23.3 Å². The lowest BCUT2D eigenvalue weighted by Crippen LogP contribution is -2.47. The van der Waals surface area contributed by atoms with Gasteiger partial charge in [0.25, 0.3) is 10.0 Å². The van der Waals surface area contributed by atoms with E-state index in [1.807, 2.05) is 31.2 Å². The molecule has 2 aromatic rings. The largest absolute Gasteiger partial charge is 0.346 e. The average Bonchev–Trinajstić information content (AvgIpc) is 3.38. The molecule has 3 rings (SSSR count). The molecular formula is C19H23N3O4S2. The van der Waals surface area contributed by atoms with Crippen LogP contribution in [-0.2, 0) is 26.0 Å². The summed E-state index contributed by atoms with van der Waals surface area (Å²) in [6.07, 6.45) is 1.83. The Morgan fingerprint density at radius 3 is 2.71 bits per heavy atom. The van der Waals surface area contributed by atoms with E-state index in [0.29, 0.717) is 25.1 Å². The number of hydrogen-bond acceptors (Lipinski definition) is 5.